The molecular weight excluding hydrogens is 241 g/mol. The summed E-state index contributed by atoms with van der Waals surface area (Å²) in [5.41, 5.74) is 4.17. The zero-order chi connectivity index (χ0) is 13.8. The molecule has 0 amide bonds. The molecule has 1 atom stereocenters. The van der Waals surface area contributed by atoms with Crippen LogP contribution < -0.4 is 5.32 Å². The maximum absolute atomic E-state index is 12.9. The van der Waals surface area contributed by atoms with Crippen molar-refractivity contribution >= 4 is 5.69 Å². The molecule has 0 heterocycles. The van der Waals surface area contributed by atoms with Gasteiger partial charge in [0, 0.05) is 5.69 Å². The Morgan fingerprint density at radius 1 is 1.11 bits per heavy atom. The Kier molecular flexibility index (Phi) is 4.17. The number of nitrogens with one attached hydrogen (secondary N) is 1. The first-order valence-electron chi connectivity index (χ1n) is 6.30. The number of anilines is 1. The van der Waals surface area contributed by atoms with Crippen molar-refractivity contribution in [3.05, 3.63) is 65.0 Å². The molecule has 2 aromatic rings. The third-order valence-corrected chi connectivity index (χ3v) is 3.17. The molecule has 2 aromatic carbocycles. The van der Waals surface area contributed by atoms with Gasteiger partial charge in [-0.05, 0) is 49.2 Å². The van der Waals surface area contributed by atoms with Crippen molar-refractivity contribution in [3.8, 4) is 0 Å². The molecule has 3 heteroatoms. The van der Waals surface area contributed by atoms with Gasteiger partial charge in [0.1, 0.15) is 5.82 Å². The normalized spacial score (nSPS) is 12.2. The first-order chi connectivity index (χ1) is 9.10. The zero-order valence-corrected chi connectivity index (χ0v) is 11.2. The molecule has 0 aromatic heterocycles. The predicted octanol–water partition coefficient (Wildman–Crippen LogP) is 3.59. The summed E-state index contributed by atoms with van der Waals surface area (Å²) in [5, 5.41) is 12.8. The molecule has 2 N–H and O–H groups in total. The number of halogens is 1. The second kappa shape index (κ2) is 5.85. The van der Waals surface area contributed by atoms with Crippen LogP contribution in [0.5, 0.6) is 0 Å². The van der Waals surface area contributed by atoms with E-state index in [1.165, 1.54) is 17.7 Å². The van der Waals surface area contributed by atoms with Crippen molar-refractivity contribution < 1.29 is 9.50 Å². The Hall–Kier alpha value is -1.87. The first kappa shape index (κ1) is 13.6. The summed E-state index contributed by atoms with van der Waals surface area (Å²) in [5.74, 6) is -0.266. The smallest absolute Gasteiger partial charge is 0.123 e. The lowest BCUT2D eigenvalue weighted by molar-refractivity contribution is 0.276. The summed E-state index contributed by atoms with van der Waals surface area (Å²) in [7, 11) is 0. The molecule has 19 heavy (non-hydrogen) atoms. The predicted molar refractivity (Wildman–Crippen MR) is 75.8 cm³/mol. The van der Waals surface area contributed by atoms with Crippen molar-refractivity contribution in [1.82, 2.24) is 0 Å². The first-order valence-corrected chi connectivity index (χ1v) is 6.30. The van der Waals surface area contributed by atoms with Crippen LogP contribution in [-0.2, 0) is 0 Å². The summed E-state index contributed by atoms with van der Waals surface area (Å²) >= 11 is 0. The van der Waals surface area contributed by atoms with Crippen LogP contribution in [-0.4, -0.2) is 11.7 Å². The molecule has 0 radical (unpaired) electrons. The van der Waals surface area contributed by atoms with Crippen LogP contribution in [0, 0.1) is 19.7 Å². The van der Waals surface area contributed by atoms with Gasteiger partial charge >= 0.3 is 0 Å². The van der Waals surface area contributed by atoms with Gasteiger partial charge in [-0.15, -0.1) is 0 Å². The minimum absolute atomic E-state index is 0.0126. The molecule has 0 saturated heterocycles. The van der Waals surface area contributed by atoms with Gasteiger partial charge in [0.2, 0.25) is 0 Å². The van der Waals surface area contributed by atoms with Crippen LogP contribution in [0.15, 0.2) is 42.5 Å². The average Bonchev–Trinajstić information content (AvgIpc) is 2.39. The van der Waals surface area contributed by atoms with Crippen LogP contribution in [0.4, 0.5) is 10.1 Å². The summed E-state index contributed by atoms with van der Waals surface area (Å²) in [6.07, 6.45) is 0. The van der Waals surface area contributed by atoms with Crippen molar-refractivity contribution in [2.75, 3.05) is 11.9 Å². The number of aliphatic hydroxyl groups excluding tert-OH is 1. The molecule has 2 rings (SSSR count). The molecule has 0 saturated carbocycles. The zero-order valence-electron chi connectivity index (χ0n) is 11.2. The fraction of sp³-hybridized carbons (Fsp3) is 0.250. The maximum Gasteiger partial charge on any atom is 0.123 e. The van der Waals surface area contributed by atoms with Gasteiger partial charge in [-0.2, -0.15) is 0 Å². The van der Waals surface area contributed by atoms with Crippen molar-refractivity contribution in [1.29, 1.82) is 0 Å². The Balaban J connectivity index is 2.22. The third-order valence-electron chi connectivity index (χ3n) is 3.17. The van der Waals surface area contributed by atoms with E-state index in [-0.39, 0.29) is 18.5 Å². The van der Waals surface area contributed by atoms with Crippen molar-refractivity contribution in [2.45, 2.75) is 19.9 Å². The van der Waals surface area contributed by atoms with E-state index in [0.29, 0.717) is 0 Å². The quantitative estimate of drug-likeness (QED) is 0.879. The van der Waals surface area contributed by atoms with E-state index in [1.54, 1.807) is 12.1 Å². The second-order valence-electron chi connectivity index (χ2n) is 4.75. The monoisotopic (exact) mass is 259 g/mol. The maximum atomic E-state index is 12.9. The number of rotatable bonds is 4. The number of aryl methyl sites for hydroxylation is 2. The third kappa shape index (κ3) is 3.32. The average molecular weight is 259 g/mol. The van der Waals surface area contributed by atoms with Crippen LogP contribution in [0.3, 0.4) is 0 Å². The van der Waals surface area contributed by atoms with Gasteiger partial charge in [-0.3, -0.25) is 0 Å². The van der Waals surface area contributed by atoms with E-state index in [9.17, 15) is 9.50 Å². The minimum Gasteiger partial charge on any atom is -0.394 e. The molecule has 0 aliphatic heterocycles. The van der Waals surface area contributed by atoms with Gasteiger partial charge in [-0.25, -0.2) is 4.39 Å². The van der Waals surface area contributed by atoms with E-state index in [2.05, 4.69) is 11.4 Å². The number of hydrogen-bond acceptors (Lipinski definition) is 2. The van der Waals surface area contributed by atoms with Gasteiger partial charge in [-0.1, -0.05) is 23.8 Å². The molecule has 1 unspecified atom stereocenters. The molecule has 0 aliphatic rings. The second-order valence-corrected chi connectivity index (χ2v) is 4.75. The minimum atomic E-state index is -0.266. The van der Waals surface area contributed by atoms with Crippen LogP contribution in [0.1, 0.15) is 22.7 Å². The van der Waals surface area contributed by atoms with E-state index >= 15 is 0 Å². The molecule has 0 fully saturated rings. The summed E-state index contributed by atoms with van der Waals surface area (Å²) in [6, 6.07) is 12.1. The highest BCUT2D eigenvalue weighted by Gasteiger charge is 2.12. The summed E-state index contributed by atoms with van der Waals surface area (Å²) in [4.78, 5) is 0. The van der Waals surface area contributed by atoms with Crippen LogP contribution in [0.2, 0.25) is 0 Å². The van der Waals surface area contributed by atoms with E-state index < -0.39 is 0 Å². The Morgan fingerprint density at radius 2 is 1.79 bits per heavy atom. The highest BCUT2D eigenvalue weighted by Crippen LogP contribution is 2.23. The highest BCUT2D eigenvalue weighted by atomic mass is 19.1. The number of hydrogen-bond donors (Lipinski definition) is 2. The summed E-state index contributed by atoms with van der Waals surface area (Å²) < 4.78 is 12.9. The number of benzene rings is 2. The fourth-order valence-corrected chi connectivity index (χ4v) is 2.19. The standard InChI is InChI=1S/C16H18FNO/c1-11-3-8-15(12(2)9-11)16(10-19)18-14-6-4-13(17)5-7-14/h3-9,16,18-19H,10H2,1-2H3. The molecule has 0 bridgehead atoms. The van der Waals surface area contributed by atoms with Crippen LogP contribution in [0.25, 0.3) is 0 Å². The molecule has 100 valence electrons. The van der Waals surface area contributed by atoms with E-state index in [0.717, 1.165) is 16.8 Å². The topological polar surface area (TPSA) is 32.3 Å². The van der Waals surface area contributed by atoms with Crippen molar-refractivity contribution in [2.24, 2.45) is 0 Å². The van der Waals surface area contributed by atoms with Gasteiger partial charge < -0.3 is 10.4 Å². The Labute approximate surface area is 112 Å². The van der Waals surface area contributed by atoms with Gasteiger partial charge in [0.25, 0.3) is 0 Å². The largest absolute Gasteiger partial charge is 0.394 e. The highest BCUT2D eigenvalue weighted by molar-refractivity contribution is 5.47. The lowest BCUT2D eigenvalue weighted by atomic mass is 9.99. The van der Waals surface area contributed by atoms with Crippen molar-refractivity contribution in [3.63, 3.8) is 0 Å². The summed E-state index contributed by atoms with van der Waals surface area (Å²) in [6.45, 7) is 4.05. The molecule has 2 nitrogen and oxygen atoms in total. The van der Waals surface area contributed by atoms with E-state index in [4.69, 9.17) is 0 Å². The lowest BCUT2D eigenvalue weighted by Gasteiger charge is -2.20. The molecular formula is C16H18FNO. The van der Waals surface area contributed by atoms with Crippen LogP contribution >= 0.6 is 0 Å². The fourth-order valence-electron chi connectivity index (χ4n) is 2.19. The Morgan fingerprint density at radius 3 is 2.37 bits per heavy atom. The van der Waals surface area contributed by atoms with E-state index in [1.807, 2.05) is 26.0 Å². The lowest BCUT2D eigenvalue weighted by Crippen LogP contribution is -2.16. The molecule has 0 aliphatic carbocycles. The number of aliphatic hydroxyl groups is 1. The SMILES string of the molecule is Cc1ccc(C(CO)Nc2ccc(F)cc2)c(C)c1. The van der Waals surface area contributed by atoms with Gasteiger partial charge in [0.15, 0.2) is 0 Å². The Bertz CT molecular complexity index is 551. The van der Waals surface area contributed by atoms with Gasteiger partial charge in [0.05, 0.1) is 12.6 Å². The molecule has 0 spiro atoms.